The zero-order valence-electron chi connectivity index (χ0n) is 12.4. The summed E-state index contributed by atoms with van der Waals surface area (Å²) in [6, 6.07) is 13.4. The maximum absolute atomic E-state index is 12.1. The van der Waals surface area contributed by atoms with Crippen LogP contribution in [0.5, 0.6) is 5.75 Å². The van der Waals surface area contributed by atoms with Crippen LogP contribution in [0.1, 0.15) is 22.8 Å². The number of carbonyl (C=O) groups is 2. The first-order valence-electron chi connectivity index (χ1n) is 6.83. The number of anilines is 1. The maximum atomic E-state index is 12.1. The Kier molecular flexibility index (Phi) is 4.78. The molecule has 0 aliphatic heterocycles. The Morgan fingerprint density at radius 1 is 1.05 bits per heavy atom. The van der Waals surface area contributed by atoms with E-state index in [-0.39, 0.29) is 11.5 Å². The van der Waals surface area contributed by atoms with Crippen LogP contribution in [0.4, 0.5) is 5.69 Å². The van der Waals surface area contributed by atoms with Crippen molar-refractivity contribution in [2.75, 3.05) is 5.32 Å². The quantitative estimate of drug-likeness (QED) is 0.889. The van der Waals surface area contributed by atoms with E-state index in [0.29, 0.717) is 11.4 Å². The standard InChI is InChI=1S/C17H17NO4/c1-11-3-9-15(10-4-11)22-12(2)16(19)18-14-7-5-13(6-8-14)17(20)21/h3-10,12H,1-2H3,(H,18,19)(H,20,21). The number of nitrogens with one attached hydrogen (secondary N) is 1. The number of carbonyl (C=O) groups excluding carboxylic acids is 1. The minimum atomic E-state index is -1.01. The Morgan fingerprint density at radius 3 is 2.18 bits per heavy atom. The van der Waals surface area contributed by atoms with Gasteiger partial charge in [0.2, 0.25) is 0 Å². The zero-order chi connectivity index (χ0) is 16.1. The van der Waals surface area contributed by atoms with Gasteiger partial charge >= 0.3 is 5.97 Å². The average Bonchev–Trinajstić information content (AvgIpc) is 2.50. The number of ether oxygens (including phenoxy) is 1. The van der Waals surface area contributed by atoms with E-state index in [0.717, 1.165) is 5.56 Å². The average molecular weight is 299 g/mol. The second-order valence-electron chi connectivity index (χ2n) is 4.94. The van der Waals surface area contributed by atoms with Crippen LogP contribution in [0.25, 0.3) is 0 Å². The smallest absolute Gasteiger partial charge is 0.335 e. The lowest BCUT2D eigenvalue weighted by Crippen LogP contribution is -2.30. The summed E-state index contributed by atoms with van der Waals surface area (Å²) in [5.74, 6) is -0.688. The second kappa shape index (κ2) is 6.76. The van der Waals surface area contributed by atoms with Gasteiger partial charge < -0.3 is 15.2 Å². The van der Waals surface area contributed by atoms with Crippen molar-refractivity contribution >= 4 is 17.6 Å². The van der Waals surface area contributed by atoms with E-state index in [1.54, 1.807) is 31.2 Å². The van der Waals surface area contributed by atoms with Crippen molar-refractivity contribution < 1.29 is 19.4 Å². The van der Waals surface area contributed by atoms with E-state index in [1.165, 1.54) is 12.1 Å². The molecule has 0 fully saturated rings. The van der Waals surface area contributed by atoms with Crippen molar-refractivity contribution in [3.8, 4) is 5.75 Å². The third kappa shape index (κ3) is 4.09. The lowest BCUT2D eigenvalue weighted by Gasteiger charge is -2.15. The molecule has 5 heteroatoms. The van der Waals surface area contributed by atoms with Crippen molar-refractivity contribution in [1.29, 1.82) is 0 Å². The predicted molar refractivity (Wildman–Crippen MR) is 83.3 cm³/mol. The van der Waals surface area contributed by atoms with Gasteiger partial charge in [0.05, 0.1) is 5.56 Å². The molecule has 0 aromatic heterocycles. The molecule has 1 amide bonds. The summed E-state index contributed by atoms with van der Waals surface area (Å²) in [7, 11) is 0. The van der Waals surface area contributed by atoms with Gasteiger partial charge in [-0.05, 0) is 50.2 Å². The van der Waals surface area contributed by atoms with Gasteiger partial charge in [-0.2, -0.15) is 0 Å². The van der Waals surface area contributed by atoms with Gasteiger partial charge in [0.1, 0.15) is 5.75 Å². The molecule has 0 radical (unpaired) electrons. The lowest BCUT2D eigenvalue weighted by atomic mass is 10.2. The number of hydrogen-bond donors (Lipinski definition) is 2. The molecule has 2 aromatic carbocycles. The highest BCUT2D eigenvalue weighted by Crippen LogP contribution is 2.15. The van der Waals surface area contributed by atoms with E-state index in [4.69, 9.17) is 9.84 Å². The first-order chi connectivity index (χ1) is 10.5. The Bertz CT molecular complexity index is 662. The molecular weight excluding hydrogens is 282 g/mol. The molecular formula is C17H17NO4. The summed E-state index contributed by atoms with van der Waals surface area (Å²) in [6.07, 6.45) is -0.665. The van der Waals surface area contributed by atoms with Crippen molar-refractivity contribution in [3.63, 3.8) is 0 Å². The first kappa shape index (κ1) is 15.6. The van der Waals surface area contributed by atoms with Gasteiger partial charge in [-0.25, -0.2) is 4.79 Å². The number of aromatic carboxylic acids is 1. The van der Waals surface area contributed by atoms with Crippen LogP contribution >= 0.6 is 0 Å². The van der Waals surface area contributed by atoms with E-state index in [2.05, 4.69) is 5.32 Å². The molecule has 2 rings (SSSR count). The number of rotatable bonds is 5. The van der Waals surface area contributed by atoms with Crippen LogP contribution < -0.4 is 10.1 Å². The summed E-state index contributed by atoms with van der Waals surface area (Å²) < 4.78 is 5.56. The molecule has 5 nitrogen and oxygen atoms in total. The van der Waals surface area contributed by atoms with Gasteiger partial charge in [0.25, 0.3) is 5.91 Å². The topological polar surface area (TPSA) is 75.6 Å². The highest BCUT2D eigenvalue weighted by atomic mass is 16.5. The Hall–Kier alpha value is -2.82. The van der Waals surface area contributed by atoms with Gasteiger partial charge in [-0.1, -0.05) is 17.7 Å². The number of carboxylic acid groups (broad SMARTS) is 1. The largest absolute Gasteiger partial charge is 0.481 e. The Labute approximate surface area is 128 Å². The van der Waals surface area contributed by atoms with Crippen molar-refractivity contribution in [1.82, 2.24) is 0 Å². The monoisotopic (exact) mass is 299 g/mol. The van der Waals surface area contributed by atoms with Gasteiger partial charge in [-0.15, -0.1) is 0 Å². The molecule has 22 heavy (non-hydrogen) atoms. The molecule has 2 N–H and O–H groups in total. The number of aryl methyl sites for hydroxylation is 1. The van der Waals surface area contributed by atoms with E-state index in [1.807, 2.05) is 19.1 Å². The number of hydrogen-bond acceptors (Lipinski definition) is 3. The molecule has 0 spiro atoms. The van der Waals surface area contributed by atoms with Crippen molar-refractivity contribution in [2.24, 2.45) is 0 Å². The van der Waals surface area contributed by atoms with E-state index in [9.17, 15) is 9.59 Å². The van der Waals surface area contributed by atoms with Crippen LogP contribution in [-0.4, -0.2) is 23.1 Å². The van der Waals surface area contributed by atoms with Crippen LogP contribution in [0.2, 0.25) is 0 Å². The summed E-state index contributed by atoms with van der Waals surface area (Å²) in [5.41, 5.74) is 1.80. The SMILES string of the molecule is Cc1ccc(OC(C)C(=O)Nc2ccc(C(=O)O)cc2)cc1. The molecule has 0 heterocycles. The Morgan fingerprint density at radius 2 is 1.64 bits per heavy atom. The van der Waals surface area contributed by atoms with Crippen molar-refractivity contribution in [2.45, 2.75) is 20.0 Å². The first-order valence-corrected chi connectivity index (χ1v) is 6.83. The fraction of sp³-hybridized carbons (Fsp3) is 0.176. The normalized spacial score (nSPS) is 11.5. The highest BCUT2D eigenvalue weighted by molar-refractivity contribution is 5.95. The van der Waals surface area contributed by atoms with E-state index < -0.39 is 12.1 Å². The van der Waals surface area contributed by atoms with Crippen LogP contribution in [0, 0.1) is 6.92 Å². The second-order valence-corrected chi connectivity index (χ2v) is 4.94. The lowest BCUT2D eigenvalue weighted by molar-refractivity contribution is -0.122. The fourth-order valence-corrected chi connectivity index (χ4v) is 1.81. The highest BCUT2D eigenvalue weighted by Gasteiger charge is 2.15. The van der Waals surface area contributed by atoms with Crippen LogP contribution in [-0.2, 0) is 4.79 Å². The van der Waals surface area contributed by atoms with Gasteiger partial charge in [0.15, 0.2) is 6.10 Å². The molecule has 114 valence electrons. The summed E-state index contributed by atoms with van der Waals surface area (Å²) >= 11 is 0. The minimum absolute atomic E-state index is 0.168. The molecule has 2 aromatic rings. The maximum Gasteiger partial charge on any atom is 0.335 e. The minimum Gasteiger partial charge on any atom is -0.481 e. The molecule has 0 aliphatic carbocycles. The predicted octanol–water partition coefficient (Wildman–Crippen LogP) is 3.10. The molecule has 1 atom stereocenters. The van der Waals surface area contributed by atoms with Crippen molar-refractivity contribution in [3.05, 3.63) is 59.7 Å². The molecule has 0 saturated carbocycles. The summed E-state index contributed by atoms with van der Waals surface area (Å²) in [4.78, 5) is 22.8. The molecule has 0 saturated heterocycles. The van der Waals surface area contributed by atoms with Crippen LogP contribution in [0.3, 0.4) is 0 Å². The number of amides is 1. The third-order valence-corrected chi connectivity index (χ3v) is 3.10. The van der Waals surface area contributed by atoms with Gasteiger partial charge in [-0.3, -0.25) is 4.79 Å². The summed E-state index contributed by atoms with van der Waals surface area (Å²) in [6.45, 7) is 3.63. The fourth-order valence-electron chi connectivity index (χ4n) is 1.81. The van der Waals surface area contributed by atoms with Gasteiger partial charge in [0, 0.05) is 5.69 Å². The molecule has 0 aliphatic rings. The van der Waals surface area contributed by atoms with Crippen LogP contribution in [0.15, 0.2) is 48.5 Å². The molecule has 0 bridgehead atoms. The van der Waals surface area contributed by atoms with E-state index >= 15 is 0 Å². The third-order valence-electron chi connectivity index (χ3n) is 3.10. The number of carboxylic acids is 1. The number of benzene rings is 2. The zero-order valence-corrected chi connectivity index (χ0v) is 12.4. The molecule has 1 unspecified atom stereocenters. The summed E-state index contributed by atoms with van der Waals surface area (Å²) in [5, 5.41) is 11.5. The Balaban J connectivity index is 1.95.